The van der Waals surface area contributed by atoms with Gasteiger partial charge in [-0.3, -0.25) is 19.0 Å². The van der Waals surface area contributed by atoms with Gasteiger partial charge in [-0.2, -0.15) is 8.42 Å². The number of fused-ring (bicyclic) bond motifs is 1. The van der Waals surface area contributed by atoms with Crippen LogP contribution in [-0.2, 0) is 24.5 Å². The molecule has 12 heteroatoms. The second kappa shape index (κ2) is 7.15. The van der Waals surface area contributed by atoms with Crippen LogP contribution in [0.2, 0.25) is 0 Å². The third-order valence-electron chi connectivity index (χ3n) is 4.06. The molecule has 0 radical (unpaired) electrons. The van der Waals surface area contributed by atoms with E-state index < -0.39 is 44.6 Å². The van der Waals surface area contributed by atoms with Crippen molar-refractivity contribution < 1.29 is 32.5 Å². The first kappa shape index (κ1) is 19.7. The van der Waals surface area contributed by atoms with Gasteiger partial charge in [0.05, 0.1) is 5.03 Å². The van der Waals surface area contributed by atoms with Gasteiger partial charge in [0.15, 0.2) is 5.25 Å². The van der Waals surface area contributed by atoms with Crippen molar-refractivity contribution in [1.29, 1.82) is 0 Å². The highest BCUT2D eigenvalue weighted by Gasteiger charge is 2.55. The number of β-lactam (4-membered cyclic amide) rings is 1. The van der Waals surface area contributed by atoms with Crippen LogP contribution in [0, 0.1) is 0 Å². The van der Waals surface area contributed by atoms with Crippen LogP contribution in [0.1, 0.15) is 10.8 Å². The summed E-state index contributed by atoms with van der Waals surface area (Å²) >= 11 is 7.00. The lowest BCUT2D eigenvalue weighted by Gasteiger charge is -2.48. The lowest BCUT2D eigenvalue weighted by atomic mass is 10.0. The Balaban J connectivity index is 1.83. The van der Waals surface area contributed by atoms with E-state index in [0.717, 1.165) is 16.7 Å². The molecule has 0 saturated carbocycles. The molecule has 9 nitrogen and oxygen atoms in total. The molecule has 144 valence electrons. The Kier molecular flexibility index (Phi) is 5.21. The number of benzene rings is 1. The molecule has 1 aromatic rings. The van der Waals surface area contributed by atoms with Crippen LogP contribution in [0.5, 0.6) is 0 Å². The molecule has 27 heavy (non-hydrogen) atoms. The third-order valence-corrected chi connectivity index (χ3v) is 6.89. The summed E-state index contributed by atoms with van der Waals surface area (Å²) in [4.78, 5) is 37.1. The van der Waals surface area contributed by atoms with E-state index in [1.54, 1.807) is 6.07 Å². The van der Waals surface area contributed by atoms with E-state index in [1.807, 2.05) is 0 Å². The maximum Gasteiger partial charge on any atom is 0.353 e. The quantitative estimate of drug-likeness (QED) is 0.452. The van der Waals surface area contributed by atoms with Crippen molar-refractivity contribution >= 4 is 51.3 Å². The maximum atomic E-state index is 12.5. The number of halogens is 1. The lowest BCUT2D eigenvalue weighted by Crippen LogP contribution is -2.70. The number of nitrogens with zero attached hydrogens (tertiary/aromatic N) is 1. The van der Waals surface area contributed by atoms with Gasteiger partial charge in [-0.15, -0.1) is 11.8 Å². The SMILES string of the molecule is O=C(O)C1=C(Cl)CS[C@H]2C(NC(=O)C(c3ccccc3)S(=O)(=O)O)C(=O)N12. The zero-order chi connectivity index (χ0) is 19.9. The van der Waals surface area contributed by atoms with Gasteiger partial charge in [0, 0.05) is 5.75 Å². The van der Waals surface area contributed by atoms with E-state index in [4.69, 9.17) is 11.6 Å². The van der Waals surface area contributed by atoms with Gasteiger partial charge in [0.2, 0.25) is 5.91 Å². The van der Waals surface area contributed by atoms with E-state index in [0.29, 0.717) is 0 Å². The molecule has 3 N–H and O–H groups in total. The van der Waals surface area contributed by atoms with Crippen molar-refractivity contribution in [1.82, 2.24) is 10.2 Å². The van der Waals surface area contributed by atoms with E-state index in [1.165, 1.54) is 24.3 Å². The number of carbonyl (C=O) groups is 3. The smallest absolute Gasteiger partial charge is 0.353 e. The molecule has 0 spiro atoms. The summed E-state index contributed by atoms with van der Waals surface area (Å²) in [6.45, 7) is 0. The summed E-state index contributed by atoms with van der Waals surface area (Å²) in [6.07, 6.45) is 0. The summed E-state index contributed by atoms with van der Waals surface area (Å²) < 4.78 is 32.9. The van der Waals surface area contributed by atoms with Crippen LogP contribution >= 0.6 is 23.4 Å². The molecule has 2 amide bonds. The minimum absolute atomic E-state index is 0.00183. The average molecular weight is 433 g/mol. The highest BCUT2D eigenvalue weighted by Crippen LogP contribution is 2.41. The first-order valence-corrected chi connectivity index (χ1v) is 10.4. The predicted molar refractivity (Wildman–Crippen MR) is 96.3 cm³/mol. The molecular weight excluding hydrogens is 420 g/mol. The van der Waals surface area contributed by atoms with E-state index in [9.17, 15) is 32.5 Å². The van der Waals surface area contributed by atoms with E-state index in [-0.39, 0.29) is 22.0 Å². The summed E-state index contributed by atoms with van der Waals surface area (Å²) in [7, 11) is -4.80. The van der Waals surface area contributed by atoms with Crippen LogP contribution in [0.15, 0.2) is 41.1 Å². The molecule has 2 heterocycles. The third kappa shape index (κ3) is 3.55. The number of rotatable bonds is 5. The number of aliphatic carboxylic acids is 1. The van der Waals surface area contributed by atoms with Gasteiger partial charge >= 0.3 is 5.97 Å². The normalized spacial score (nSPS) is 23.3. The van der Waals surface area contributed by atoms with Gasteiger partial charge in [-0.1, -0.05) is 41.9 Å². The topological polar surface area (TPSA) is 141 Å². The number of hydrogen-bond donors (Lipinski definition) is 3. The number of carbonyl (C=O) groups excluding carboxylic acids is 2. The van der Waals surface area contributed by atoms with Crippen LogP contribution in [0.4, 0.5) is 0 Å². The summed E-state index contributed by atoms with van der Waals surface area (Å²) in [5.41, 5.74) is -0.322. The molecule has 1 saturated heterocycles. The Bertz CT molecular complexity index is 948. The van der Waals surface area contributed by atoms with Gasteiger partial charge in [0.1, 0.15) is 17.1 Å². The highest BCUT2D eigenvalue weighted by atomic mass is 35.5. The first-order chi connectivity index (χ1) is 12.6. The van der Waals surface area contributed by atoms with Crippen molar-refractivity contribution in [3.8, 4) is 0 Å². The van der Waals surface area contributed by atoms with Gasteiger partial charge in [-0.05, 0) is 5.56 Å². The average Bonchev–Trinajstić information content (AvgIpc) is 2.59. The number of hydrogen-bond acceptors (Lipinski definition) is 6. The van der Waals surface area contributed by atoms with Crippen molar-refractivity contribution in [3.05, 3.63) is 46.6 Å². The molecule has 1 fully saturated rings. The minimum atomic E-state index is -4.80. The fourth-order valence-electron chi connectivity index (χ4n) is 2.90. The zero-order valence-electron chi connectivity index (χ0n) is 13.4. The molecular formula is C15H13ClN2O7S2. The molecule has 2 aliphatic rings. The number of nitrogens with one attached hydrogen (secondary N) is 1. The molecule has 2 unspecified atom stereocenters. The number of carboxylic acids is 1. The predicted octanol–water partition coefficient (Wildman–Crippen LogP) is 0.550. The van der Waals surface area contributed by atoms with Crippen molar-refractivity contribution in [2.75, 3.05) is 5.75 Å². The summed E-state index contributed by atoms with van der Waals surface area (Å²) in [6, 6.07) is 6.19. The summed E-state index contributed by atoms with van der Waals surface area (Å²) in [5.74, 6) is -3.05. The van der Waals surface area contributed by atoms with E-state index >= 15 is 0 Å². The standard InChI is InChI=1S/C15H13ClN2O7S2/c16-8-6-26-14-9(13(20)18(14)10(8)15(21)22)17-12(19)11(27(23,24)25)7-4-2-1-3-5-7/h1-5,9,11,14H,6H2,(H,17,19)(H,21,22)(H,23,24,25)/t9?,11?,14-/m0/s1. The maximum absolute atomic E-state index is 12.5. The van der Waals surface area contributed by atoms with Crippen LogP contribution in [0.25, 0.3) is 0 Å². The fourth-order valence-corrected chi connectivity index (χ4v) is 5.29. The Morgan fingerprint density at radius 1 is 1.30 bits per heavy atom. The van der Waals surface area contributed by atoms with Crippen molar-refractivity contribution in [3.63, 3.8) is 0 Å². The van der Waals surface area contributed by atoms with Crippen LogP contribution < -0.4 is 5.32 Å². The zero-order valence-corrected chi connectivity index (χ0v) is 15.8. The molecule has 0 aromatic heterocycles. The highest BCUT2D eigenvalue weighted by molar-refractivity contribution is 8.00. The molecule has 3 atom stereocenters. The Morgan fingerprint density at radius 2 is 1.93 bits per heavy atom. The largest absolute Gasteiger partial charge is 0.477 e. The van der Waals surface area contributed by atoms with Gasteiger partial charge < -0.3 is 10.4 Å². The van der Waals surface area contributed by atoms with Gasteiger partial charge in [0.25, 0.3) is 16.0 Å². The van der Waals surface area contributed by atoms with Crippen molar-refractivity contribution in [2.24, 2.45) is 0 Å². The van der Waals surface area contributed by atoms with Gasteiger partial charge in [-0.25, -0.2) is 4.79 Å². The second-order valence-corrected chi connectivity index (χ2v) is 8.82. The molecule has 1 aromatic carbocycles. The minimum Gasteiger partial charge on any atom is -0.477 e. The van der Waals surface area contributed by atoms with E-state index in [2.05, 4.69) is 5.32 Å². The number of carboxylic acid groups (broad SMARTS) is 1. The monoisotopic (exact) mass is 432 g/mol. The Hall–Kier alpha value is -2.08. The number of amides is 2. The Morgan fingerprint density at radius 3 is 2.48 bits per heavy atom. The number of thioether (sulfide) groups is 1. The molecule has 2 aliphatic heterocycles. The molecule has 0 aliphatic carbocycles. The molecule has 0 bridgehead atoms. The van der Waals surface area contributed by atoms with Crippen LogP contribution in [0.3, 0.4) is 0 Å². The summed E-state index contributed by atoms with van der Waals surface area (Å²) in [5, 5.41) is 8.87. The fraction of sp³-hybridized carbons (Fsp3) is 0.267. The second-order valence-electron chi connectivity index (χ2n) is 5.76. The lowest BCUT2D eigenvalue weighted by molar-refractivity contribution is -0.150. The first-order valence-electron chi connectivity index (χ1n) is 7.51. The molecule has 3 rings (SSSR count). The van der Waals surface area contributed by atoms with Crippen molar-refractivity contribution in [2.45, 2.75) is 16.7 Å². The van der Waals surface area contributed by atoms with Crippen LogP contribution in [-0.4, -0.2) is 57.9 Å². The Labute approximate surface area is 163 Å².